The minimum Gasteiger partial charge on any atom is -0.0682 e. The first-order valence-corrected chi connectivity index (χ1v) is 7.00. The Kier molecular flexibility index (Phi) is 5.78. The van der Waals surface area contributed by atoms with Crippen LogP contribution >= 0.6 is 0 Å². The highest BCUT2D eigenvalue weighted by atomic mass is 14.2. The average Bonchev–Trinajstić information content (AvgIpc) is 2.64. The fourth-order valence-electron chi connectivity index (χ4n) is 2.85. The maximum absolute atomic E-state index is 2.66. The summed E-state index contributed by atoms with van der Waals surface area (Å²) in [7, 11) is 2.66. The van der Waals surface area contributed by atoms with Gasteiger partial charge in [0.2, 0.25) is 0 Å². The topological polar surface area (TPSA) is 0 Å². The Morgan fingerprint density at radius 1 is 1.07 bits per heavy atom. The molecule has 0 nitrogen and oxygen atoms in total. The molecule has 0 saturated heterocycles. The Morgan fingerprint density at radius 2 is 1.73 bits per heavy atom. The van der Waals surface area contributed by atoms with Gasteiger partial charge in [-0.25, -0.2) is 0 Å². The molecule has 0 aromatic carbocycles. The minimum absolute atomic E-state index is 0.489. The van der Waals surface area contributed by atoms with Gasteiger partial charge >= 0.3 is 0 Å². The third kappa shape index (κ3) is 5.63. The molecule has 1 heteroatoms. The van der Waals surface area contributed by atoms with Gasteiger partial charge in [0.25, 0.3) is 0 Å². The monoisotopic (exact) mass is 207 g/mol. The highest BCUT2D eigenvalue weighted by Crippen LogP contribution is 2.40. The van der Waals surface area contributed by atoms with Crippen molar-refractivity contribution >= 4 is 7.28 Å². The second-order valence-corrected chi connectivity index (χ2v) is 6.01. The third-order valence-corrected chi connectivity index (χ3v) is 3.76. The van der Waals surface area contributed by atoms with Crippen LogP contribution < -0.4 is 0 Å². The lowest BCUT2D eigenvalue weighted by atomic mass is 9.45. The lowest BCUT2D eigenvalue weighted by molar-refractivity contribution is 0.530. The van der Waals surface area contributed by atoms with Gasteiger partial charge in [0.15, 0.2) is 0 Å². The summed E-state index contributed by atoms with van der Waals surface area (Å²) in [6.45, 7) is 7.14. The van der Waals surface area contributed by atoms with Crippen LogP contribution in [0.25, 0.3) is 0 Å². The Morgan fingerprint density at radius 3 is 2.33 bits per heavy atom. The highest BCUT2D eigenvalue weighted by molar-refractivity contribution is 6.41. The molecule has 1 aliphatic carbocycles. The van der Waals surface area contributed by atoms with E-state index in [9.17, 15) is 0 Å². The smallest absolute Gasteiger partial charge is 0.0682 e. The maximum Gasteiger partial charge on any atom is 0.121 e. The quantitative estimate of drug-likeness (QED) is 0.396. The lowest BCUT2D eigenvalue weighted by Crippen LogP contribution is -2.17. The molecule has 0 amide bonds. The van der Waals surface area contributed by atoms with Crippen molar-refractivity contribution in [1.29, 1.82) is 0 Å². The van der Waals surface area contributed by atoms with Crippen LogP contribution in [-0.2, 0) is 0 Å². The van der Waals surface area contributed by atoms with Gasteiger partial charge in [0.05, 0.1) is 0 Å². The van der Waals surface area contributed by atoms with E-state index in [1.807, 2.05) is 0 Å². The van der Waals surface area contributed by atoms with Crippen molar-refractivity contribution in [3.05, 3.63) is 0 Å². The van der Waals surface area contributed by atoms with Crippen LogP contribution in [0.15, 0.2) is 0 Å². The second kappa shape index (κ2) is 6.61. The van der Waals surface area contributed by atoms with Gasteiger partial charge in [-0.3, -0.25) is 0 Å². The molecule has 0 N–H and O–H groups in total. The van der Waals surface area contributed by atoms with Gasteiger partial charge in [-0.05, 0) is 0 Å². The van der Waals surface area contributed by atoms with Crippen LogP contribution in [0.2, 0.25) is 11.1 Å². The van der Waals surface area contributed by atoms with E-state index < -0.39 is 0 Å². The molecule has 1 saturated carbocycles. The van der Waals surface area contributed by atoms with Crippen LogP contribution in [0.4, 0.5) is 0 Å². The van der Waals surface area contributed by atoms with Crippen molar-refractivity contribution in [3.8, 4) is 0 Å². The van der Waals surface area contributed by atoms with Crippen LogP contribution in [0, 0.1) is 0 Å². The van der Waals surface area contributed by atoms with Gasteiger partial charge in [-0.2, -0.15) is 0 Å². The summed E-state index contributed by atoms with van der Waals surface area (Å²) in [5, 5.41) is 0.489. The summed E-state index contributed by atoms with van der Waals surface area (Å²) in [6.07, 6.45) is 12.9. The van der Waals surface area contributed by atoms with E-state index in [1.165, 1.54) is 57.8 Å². The molecule has 0 heterocycles. The van der Waals surface area contributed by atoms with Crippen molar-refractivity contribution in [2.75, 3.05) is 0 Å². The summed E-state index contributed by atoms with van der Waals surface area (Å²) in [5.41, 5.74) is 0. The van der Waals surface area contributed by atoms with Crippen molar-refractivity contribution in [2.45, 2.75) is 89.7 Å². The number of hydrogen-bond acceptors (Lipinski definition) is 0. The zero-order valence-electron chi connectivity index (χ0n) is 11.0. The van der Waals surface area contributed by atoms with E-state index >= 15 is 0 Å². The highest BCUT2D eigenvalue weighted by Gasteiger charge is 2.26. The summed E-state index contributed by atoms with van der Waals surface area (Å²) < 4.78 is 0. The molecule has 1 rings (SSSR count). The minimum atomic E-state index is 0.489. The number of rotatable bonds is 7. The van der Waals surface area contributed by atoms with E-state index in [1.54, 1.807) is 0 Å². The lowest BCUT2D eigenvalue weighted by Gasteiger charge is -2.26. The van der Waals surface area contributed by atoms with Crippen molar-refractivity contribution in [1.82, 2.24) is 0 Å². The van der Waals surface area contributed by atoms with Gasteiger partial charge in [0, 0.05) is 0 Å². The molecule has 15 heavy (non-hydrogen) atoms. The molecule has 0 aromatic heterocycles. The Bertz CT molecular complexity index is 157. The first-order chi connectivity index (χ1) is 7.14. The van der Waals surface area contributed by atoms with Gasteiger partial charge in [-0.1, -0.05) is 89.7 Å². The fourth-order valence-corrected chi connectivity index (χ4v) is 2.85. The van der Waals surface area contributed by atoms with Crippen molar-refractivity contribution < 1.29 is 0 Å². The summed E-state index contributed by atoms with van der Waals surface area (Å²) in [6, 6.07) is 0. The molecule has 1 aliphatic rings. The van der Waals surface area contributed by atoms with E-state index in [0.717, 1.165) is 5.82 Å². The van der Waals surface area contributed by atoms with Crippen LogP contribution in [-0.4, -0.2) is 7.28 Å². The molecule has 0 unspecified atom stereocenters. The van der Waals surface area contributed by atoms with Gasteiger partial charge in [-0.15, -0.1) is 0 Å². The predicted octanol–water partition coefficient (Wildman–Crippen LogP) is 5.22. The van der Waals surface area contributed by atoms with Gasteiger partial charge in [0.1, 0.15) is 7.28 Å². The maximum atomic E-state index is 2.66. The molecule has 0 bridgehead atoms. The van der Waals surface area contributed by atoms with Crippen molar-refractivity contribution in [3.63, 3.8) is 0 Å². The average molecular weight is 207 g/mol. The van der Waals surface area contributed by atoms with Crippen LogP contribution in [0.1, 0.15) is 78.6 Å². The molecule has 0 aliphatic heterocycles. The summed E-state index contributed by atoms with van der Waals surface area (Å²) in [4.78, 5) is 0. The van der Waals surface area contributed by atoms with Crippen molar-refractivity contribution in [2.24, 2.45) is 0 Å². The largest absolute Gasteiger partial charge is 0.121 e. The molecule has 0 atom stereocenters. The van der Waals surface area contributed by atoms with Crippen LogP contribution in [0.3, 0.4) is 0 Å². The first kappa shape index (κ1) is 13.1. The third-order valence-electron chi connectivity index (χ3n) is 3.76. The first-order valence-electron chi connectivity index (χ1n) is 7.00. The molecule has 0 spiro atoms. The van der Waals surface area contributed by atoms with Crippen LogP contribution in [0.5, 0.6) is 0 Å². The fraction of sp³-hybridized carbons (Fsp3) is 1.00. The SMILES string of the molecule is CCCCCCC(C)(C)[B]C1CCCC1. The molecular weight excluding hydrogens is 179 g/mol. The predicted molar refractivity (Wildman–Crippen MR) is 70.8 cm³/mol. The second-order valence-electron chi connectivity index (χ2n) is 6.01. The zero-order valence-corrected chi connectivity index (χ0v) is 11.0. The standard InChI is InChI=1S/C14H28B/c1-4-5-6-9-12-14(2,3)15-13-10-7-8-11-13/h13H,4-12H2,1-3H3. The van der Waals surface area contributed by atoms with E-state index in [2.05, 4.69) is 28.1 Å². The number of unbranched alkanes of at least 4 members (excludes halogenated alkanes) is 3. The molecular formula is C14H28B. The molecule has 1 fully saturated rings. The Hall–Kier alpha value is 0.0649. The molecule has 1 radical (unpaired) electrons. The van der Waals surface area contributed by atoms with E-state index in [-0.39, 0.29) is 0 Å². The zero-order chi connectivity index (χ0) is 11.1. The molecule has 0 aromatic rings. The number of hydrogen-bond donors (Lipinski definition) is 0. The summed E-state index contributed by atoms with van der Waals surface area (Å²) in [5.74, 6) is 0.936. The van der Waals surface area contributed by atoms with Gasteiger partial charge < -0.3 is 0 Å². The van der Waals surface area contributed by atoms with E-state index in [0.29, 0.717) is 5.31 Å². The molecule has 87 valence electrons. The normalized spacial score (nSPS) is 18.3. The Balaban J connectivity index is 2.12. The summed E-state index contributed by atoms with van der Waals surface area (Å²) >= 11 is 0. The van der Waals surface area contributed by atoms with E-state index in [4.69, 9.17) is 0 Å². The Labute approximate surface area is 97.5 Å².